The van der Waals surface area contributed by atoms with Crippen LogP contribution < -0.4 is 10.2 Å². The molecule has 0 aliphatic rings. The molecule has 0 saturated carbocycles. The lowest BCUT2D eigenvalue weighted by atomic mass is 10.1. The highest BCUT2D eigenvalue weighted by Crippen LogP contribution is 2.36. The third-order valence-corrected chi connectivity index (χ3v) is 6.24. The van der Waals surface area contributed by atoms with Gasteiger partial charge < -0.3 is 10.2 Å². The number of aryl methyl sites for hydroxylation is 1. The number of hydrogen-bond donors (Lipinski definition) is 1. The first kappa shape index (κ1) is 20.8. The van der Waals surface area contributed by atoms with E-state index in [-0.39, 0.29) is 17.2 Å². The van der Waals surface area contributed by atoms with Crippen LogP contribution in [0.2, 0.25) is 0 Å². The minimum Gasteiger partial charge on any atom is -0.378 e. The number of benzene rings is 2. The van der Waals surface area contributed by atoms with Gasteiger partial charge in [-0.25, -0.2) is 4.98 Å². The van der Waals surface area contributed by atoms with Gasteiger partial charge in [-0.3, -0.25) is 14.9 Å². The fourth-order valence-corrected chi connectivity index (χ4v) is 4.44. The third kappa shape index (κ3) is 5.33. The van der Waals surface area contributed by atoms with Crippen molar-refractivity contribution in [1.82, 2.24) is 10.3 Å². The molecule has 29 heavy (non-hydrogen) atoms. The summed E-state index contributed by atoms with van der Waals surface area (Å²) < 4.78 is 0.726. The van der Waals surface area contributed by atoms with Gasteiger partial charge in [-0.05, 0) is 36.8 Å². The average molecular weight is 429 g/mol. The van der Waals surface area contributed by atoms with E-state index in [1.54, 1.807) is 12.1 Å². The van der Waals surface area contributed by atoms with Crippen molar-refractivity contribution in [3.8, 4) is 0 Å². The van der Waals surface area contributed by atoms with Crippen molar-refractivity contribution in [3.63, 3.8) is 0 Å². The average Bonchev–Trinajstić information content (AvgIpc) is 3.11. The Morgan fingerprint density at radius 2 is 1.97 bits per heavy atom. The molecule has 1 N–H and O–H groups in total. The van der Waals surface area contributed by atoms with Crippen molar-refractivity contribution >= 4 is 40.4 Å². The summed E-state index contributed by atoms with van der Waals surface area (Å²) in [6.07, 6.45) is 0. The number of thiazole rings is 1. The standard InChI is InChI=1S/C20H20N4O3S2/c1-13-12-28-20(22-13)29-18-9-6-15(10-17(18)24(26)27)19(25)21-11-14-4-7-16(8-5-14)23(2)3/h4-10,12H,11H2,1-3H3,(H,21,25). The lowest BCUT2D eigenvalue weighted by molar-refractivity contribution is -0.387. The Morgan fingerprint density at radius 3 is 2.55 bits per heavy atom. The van der Waals surface area contributed by atoms with Gasteiger partial charge in [-0.2, -0.15) is 0 Å². The van der Waals surface area contributed by atoms with Gasteiger partial charge in [-0.15, -0.1) is 11.3 Å². The molecule has 9 heteroatoms. The maximum Gasteiger partial charge on any atom is 0.284 e. The van der Waals surface area contributed by atoms with Crippen LogP contribution in [0.4, 0.5) is 11.4 Å². The van der Waals surface area contributed by atoms with E-state index in [0.29, 0.717) is 11.4 Å². The van der Waals surface area contributed by atoms with E-state index < -0.39 is 4.92 Å². The Balaban J connectivity index is 1.71. The molecule has 0 fully saturated rings. The molecule has 3 aromatic rings. The summed E-state index contributed by atoms with van der Waals surface area (Å²) >= 11 is 2.66. The van der Waals surface area contributed by atoms with Crippen LogP contribution in [0.1, 0.15) is 21.6 Å². The topological polar surface area (TPSA) is 88.4 Å². The van der Waals surface area contributed by atoms with E-state index in [1.807, 2.05) is 55.6 Å². The number of hydrogen-bond acceptors (Lipinski definition) is 7. The summed E-state index contributed by atoms with van der Waals surface area (Å²) in [6, 6.07) is 12.3. The zero-order chi connectivity index (χ0) is 21.0. The lowest BCUT2D eigenvalue weighted by Crippen LogP contribution is -2.23. The normalized spacial score (nSPS) is 10.6. The number of aromatic nitrogens is 1. The van der Waals surface area contributed by atoms with Crippen LogP contribution in [0.15, 0.2) is 57.1 Å². The Labute approximate surface area is 176 Å². The fraction of sp³-hybridized carbons (Fsp3) is 0.200. The molecule has 2 aromatic carbocycles. The van der Waals surface area contributed by atoms with Crippen LogP contribution in [-0.4, -0.2) is 29.9 Å². The molecular weight excluding hydrogens is 408 g/mol. The van der Waals surface area contributed by atoms with Crippen LogP contribution in [0.3, 0.4) is 0 Å². The van der Waals surface area contributed by atoms with Crippen LogP contribution in [0, 0.1) is 17.0 Å². The minimum atomic E-state index is -0.473. The quantitative estimate of drug-likeness (QED) is 0.440. The summed E-state index contributed by atoms with van der Waals surface area (Å²) in [5.41, 5.74) is 3.03. The van der Waals surface area contributed by atoms with Gasteiger partial charge in [-0.1, -0.05) is 23.9 Å². The molecule has 0 aliphatic carbocycles. The first-order chi connectivity index (χ1) is 13.8. The monoisotopic (exact) mass is 428 g/mol. The molecule has 7 nitrogen and oxygen atoms in total. The van der Waals surface area contributed by atoms with Crippen LogP contribution in [0.5, 0.6) is 0 Å². The predicted octanol–water partition coefficient (Wildman–Crippen LogP) is 4.51. The molecule has 0 bridgehead atoms. The van der Waals surface area contributed by atoms with Gasteiger partial charge in [0.25, 0.3) is 11.6 Å². The zero-order valence-corrected chi connectivity index (χ0v) is 17.8. The van der Waals surface area contributed by atoms with Gasteiger partial charge in [0, 0.05) is 49.0 Å². The summed E-state index contributed by atoms with van der Waals surface area (Å²) in [6.45, 7) is 2.21. The van der Waals surface area contributed by atoms with E-state index in [4.69, 9.17) is 0 Å². The molecule has 0 unspecified atom stereocenters. The SMILES string of the molecule is Cc1csc(Sc2ccc(C(=O)NCc3ccc(N(C)C)cc3)cc2[N+](=O)[O-])n1. The summed E-state index contributed by atoms with van der Waals surface area (Å²) in [5.74, 6) is -0.355. The molecule has 1 amide bonds. The Morgan fingerprint density at radius 1 is 1.24 bits per heavy atom. The first-order valence-corrected chi connectivity index (χ1v) is 10.5. The molecule has 0 spiro atoms. The molecule has 0 saturated heterocycles. The summed E-state index contributed by atoms with van der Waals surface area (Å²) in [4.78, 5) is 30.3. The molecule has 150 valence electrons. The number of nitrogens with zero attached hydrogens (tertiary/aromatic N) is 3. The Bertz CT molecular complexity index is 1030. The van der Waals surface area contributed by atoms with E-state index in [2.05, 4.69) is 10.3 Å². The number of rotatable bonds is 7. The molecule has 0 aliphatic heterocycles. The van der Waals surface area contributed by atoms with Crippen molar-refractivity contribution in [2.45, 2.75) is 22.7 Å². The van der Waals surface area contributed by atoms with Crippen molar-refractivity contribution in [2.24, 2.45) is 0 Å². The van der Waals surface area contributed by atoms with Crippen LogP contribution in [0.25, 0.3) is 0 Å². The van der Waals surface area contributed by atoms with Crippen molar-refractivity contribution in [3.05, 3.63) is 74.8 Å². The maximum atomic E-state index is 12.5. The molecule has 0 radical (unpaired) electrons. The minimum absolute atomic E-state index is 0.106. The van der Waals surface area contributed by atoms with Gasteiger partial charge >= 0.3 is 0 Å². The highest BCUT2D eigenvalue weighted by atomic mass is 32.2. The highest BCUT2D eigenvalue weighted by molar-refractivity contribution is 8.01. The van der Waals surface area contributed by atoms with E-state index in [9.17, 15) is 14.9 Å². The molecule has 1 heterocycles. The van der Waals surface area contributed by atoms with Crippen LogP contribution in [-0.2, 0) is 6.54 Å². The number of carbonyl (C=O) groups excluding carboxylic acids is 1. The second-order valence-corrected chi connectivity index (χ2v) is 8.69. The number of anilines is 1. The van der Waals surface area contributed by atoms with Crippen LogP contribution >= 0.6 is 23.1 Å². The molecule has 3 rings (SSSR count). The number of nitrogens with one attached hydrogen (secondary N) is 1. The summed E-state index contributed by atoms with van der Waals surface area (Å²) in [7, 11) is 3.92. The lowest BCUT2D eigenvalue weighted by Gasteiger charge is -2.13. The highest BCUT2D eigenvalue weighted by Gasteiger charge is 2.19. The fourth-order valence-electron chi connectivity index (χ4n) is 2.56. The van der Waals surface area contributed by atoms with Crippen molar-refractivity contribution in [1.29, 1.82) is 0 Å². The van der Waals surface area contributed by atoms with Crippen molar-refractivity contribution < 1.29 is 9.72 Å². The zero-order valence-electron chi connectivity index (χ0n) is 16.2. The Hall–Kier alpha value is -2.91. The largest absolute Gasteiger partial charge is 0.378 e. The maximum absolute atomic E-state index is 12.5. The van der Waals surface area contributed by atoms with E-state index in [0.717, 1.165) is 21.3 Å². The van der Waals surface area contributed by atoms with E-state index in [1.165, 1.54) is 29.2 Å². The second kappa shape index (κ2) is 9.06. The van der Waals surface area contributed by atoms with Gasteiger partial charge in [0.05, 0.1) is 9.82 Å². The summed E-state index contributed by atoms with van der Waals surface area (Å²) in [5, 5.41) is 16.2. The third-order valence-electron chi connectivity index (χ3n) is 4.12. The predicted molar refractivity (Wildman–Crippen MR) is 116 cm³/mol. The number of nitro benzene ring substituents is 1. The molecular formula is C20H20N4O3S2. The Kier molecular flexibility index (Phi) is 6.50. The number of carbonyl (C=O) groups is 1. The molecule has 0 atom stereocenters. The van der Waals surface area contributed by atoms with Gasteiger partial charge in [0.1, 0.15) is 0 Å². The molecule has 1 aromatic heterocycles. The second-order valence-electron chi connectivity index (χ2n) is 6.54. The van der Waals surface area contributed by atoms with Crippen molar-refractivity contribution in [2.75, 3.05) is 19.0 Å². The first-order valence-electron chi connectivity index (χ1n) is 8.76. The van der Waals surface area contributed by atoms with Gasteiger partial charge in [0.15, 0.2) is 4.34 Å². The van der Waals surface area contributed by atoms with Gasteiger partial charge in [0.2, 0.25) is 0 Å². The number of nitro groups is 1. The number of amides is 1. The smallest absolute Gasteiger partial charge is 0.284 e. The van der Waals surface area contributed by atoms with E-state index >= 15 is 0 Å².